The molecular formula is C12H21N3O. The van der Waals surface area contributed by atoms with Crippen molar-refractivity contribution in [2.45, 2.75) is 31.8 Å². The molecule has 16 heavy (non-hydrogen) atoms. The smallest absolute Gasteiger partial charge is 0.109 e. The summed E-state index contributed by atoms with van der Waals surface area (Å²) < 4.78 is 7.78. The Balaban J connectivity index is 1.67. The van der Waals surface area contributed by atoms with Crippen LogP contribution in [-0.4, -0.2) is 34.8 Å². The van der Waals surface area contributed by atoms with Crippen LogP contribution in [0.5, 0.6) is 0 Å². The molecule has 90 valence electrons. The van der Waals surface area contributed by atoms with Crippen LogP contribution in [0.3, 0.4) is 0 Å². The van der Waals surface area contributed by atoms with E-state index in [1.807, 2.05) is 19.4 Å². The summed E-state index contributed by atoms with van der Waals surface area (Å²) in [6, 6.07) is 0. The molecule has 1 atom stereocenters. The predicted molar refractivity (Wildman–Crippen MR) is 63.4 cm³/mol. The zero-order chi connectivity index (χ0) is 11.4. The van der Waals surface area contributed by atoms with E-state index in [9.17, 15) is 0 Å². The van der Waals surface area contributed by atoms with Gasteiger partial charge < -0.3 is 14.6 Å². The molecule has 4 heteroatoms. The number of aryl methyl sites for hydroxylation is 1. The summed E-state index contributed by atoms with van der Waals surface area (Å²) in [6.45, 7) is 5.01. The Morgan fingerprint density at radius 3 is 3.12 bits per heavy atom. The third kappa shape index (κ3) is 2.83. The lowest BCUT2D eigenvalue weighted by molar-refractivity contribution is 0.0211. The highest BCUT2D eigenvalue weighted by molar-refractivity contribution is 4.92. The van der Waals surface area contributed by atoms with E-state index in [4.69, 9.17) is 4.74 Å². The van der Waals surface area contributed by atoms with Gasteiger partial charge in [-0.25, -0.2) is 4.98 Å². The lowest BCUT2D eigenvalue weighted by Gasteiger charge is -2.23. The largest absolute Gasteiger partial charge is 0.374 e. The molecule has 1 N–H and O–H groups in total. The number of nitrogens with one attached hydrogen (secondary N) is 1. The van der Waals surface area contributed by atoms with E-state index in [1.54, 1.807) is 0 Å². The Morgan fingerprint density at radius 2 is 2.50 bits per heavy atom. The molecule has 0 amide bonds. The maximum atomic E-state index is 5.72. The van der Waals surface area contributed by atoms with Crippen LogP contribution in [-0.2, 0) is 18.2 Å². The molecule has 1 aromatic heterocycles. The number of nitrogens with zero attached hydrogens (tertiary/aromatic N) is 2. The molecular weight excluding hydrogens is 202 g/mol. The van der Waals surface area contributed by atoms with Gasteiger partial charge in [0.05, 0.1) is 5.60 Å². The quantitative estimate of drug-likeness (QED) is 0.760. The van der Waals surface area contributed by atoms with Crippen LogP contribution < -0.4 is 5.32 Å². The molecule has 0 spiro atoms. The average Bonchev–Trinajstić information content (AvgIpc) is 2.84. The summed E-state index contributed by atoms with van der Waals surface area (Å²) in [5.74, 6) is 1.13. The van der Waals surface area contributed by atoms with Gasteiger partial charge in [0.25, 0.3) is 0 Å². The van der Waals surface area contributed by atoms with Gasteiger partial charge >= 0.3 is 0 Å². The summed E-state index contributed by atoms with van der Waals surface area (Å²) in [7, 11) is 2.03. The Kier molecular flexibility index (Phi) is 3.61. The van der Waals surface area contributed by atoms with Gasteiger partial charge in [0.2, 0.25) is 0 Å². The average molecular weight is 223 g/mol. The van der Waals surface area contributed by atoms with Crippen LogP contribution in [0, 0.1) is 0 Å². The monoisotopic (exact) mass is 223 g/mol. The fraction of sp³-hybridized carbons (Fsp3) is 0.750. The number of ether oxygens (including phenoxy) is 1. The topological polar surface area (TPSA) is 39.1 Å². The van der Waals surface area contributed by atoms with Gasteiger partial charge in [-0.2, -0.15) is 0 Å². The number of hydrogen-bond acceptors (Lipinski definition) is 3. The molecule has 0 bridgehead atoms. The van der Waals surface area contributed by atoms with Crippen molar-refractivity contribution in [2.75, 3.05) is 19.7 Å². The molecule has 1 unspecified atom stereocenters. The van der Waals surface area contributed by atoms with Crippen molar-refractivity contribution >= 4 is 0 Å². The maximum Gasteiger partial charge on any atom is 0.109 e. The minimum atomic E-state index is 0.0572. The second kappa shape index (κ2) is 4.97. The Bertz CT molecular complexity index is 329. The van der Waals surface area contributed by atoms with Gasteiger partial charge in [0.1, 0.15) is 5.82 Å². The summed E-state index contributed by atoms with van der Waals surface area (Å²) in [4.78, 5) is 4.29. The first-order chi connectivity index (χ1) is 7.70. The fourth-order valence-electron chi connectivity index (χ4n) is 2.17. The maximum absolute atomic E-state index is 5.72. The van der Waals surface area contributed by atoms with E-state index in [0.29, 0.717) is 0 Å². The van der Waals surface area contributed by atoms with Crippen molar-refractivity contribution in [3.8, 4) is 0 Å². The van der Waals surface area contributed by atoms with Gasteiger partial charge in [0.15, 0.2) is 0 Å². The predicted octanol–water partition coefficient (Wildman–Crippen LogP) is 1.12. The van der Waals surface area contributed by atoms with Gasteiger partial charge in [-0.3, -0.25) is 0 Å². The summed E-state index contributed by atoms with van der Waals surface area (Å²) >= 11 is 0. The highest BCUT2D eigenvalue weighted by Crippen LogP contribution is 2.23. The van der Waals surface area contributed by atoms with Crippen molar-refractivity contribution in [3.63, 3.8) is 0 Å². The van der Waals surface area contributed by atoms with Crippen molar-refractivity contribution in [2.24, 2.45) is 7.05 Å². The minimum absolute atomic E-state index is 0.0572. The zero-order valence-electron chi connectivity index (χ0n) is 10.2. The van der Waals surface area contributed by atoms with Gasteiger partial charge in [0, 0.05) is 45.6 Å². The second-order valence-corrected chi connectivity index (χ2v) is 4.78. The number of imidazole rings is 1. The molecule has 1 aliphatic rings. The van der Waals surface area contributed by atoms with E-state index in [2.05, 4.69) is 21.8 Å². The first kappa shape index (κ1) is 11.6. The van der Waals surface area contributed by atoms with Crippen LogP contribution in [0.2, 0.25) is 0 Å². The second-order valence-electron chi connectivity index (χ2n) is 4.78. The molecule has 4 nitrogen and oxygen atoms in total. The molecule has 1 aromatic rings. The summed E-state index contributed by atoms with van der Waals surface area (Å²) in [5, 5.41) is 3.46. The highest BCUT2D eigenvalue weighted by atomic mass is 16.5. The number of aromatic nitrogens is 2. The lowest BCUT2D eigenvalue weighted by atomic mass is 10.0. The number of hydrogen-bond donors (Lipinski definition) is 1. The van der Waals surface area contributed by atoms with Gasteiger partial charge in [-0.1, -0.05) is 0 Å². The normalized spacial score (nSPS) is 25.1. The molecule has 1 aliphatic heterocycles. The van der Waals surface area contributed by atoms with Crippen molar-refractivity contribution in [1.82, 2.24) is 14.9 Å². The first-order valence-corrected chi connectivity index (χ1v) is 6.00. The molecule has 1 fully saturated rings. The molecule has 0 radical (unpaired) electrons. The van der Waals surface area contributed by atoms with Crippen LogP contribution in [0.25, 0.3) is 0 Å². The van der Waals surface area contributed by atoms with E-state index >= 15 is 0 Å². The SMILES string of the molecule is Cn1ccnc1CCNCC1(C)CCCO1. The van der Waals surface area contributed by atoms with E-state index in [0.717, 1.165) is 31.9 Å². The Morgan fingerprint density at radius 1 is 1.62 bits per heavy atom. The minimum Gasteiger partial charge on any atom is -0.374 e. The third-order valence-electron chi connectivity index (χ3n) is 3.25. The zero-order valence-corrected chi connectivity index (χ0v) is 10.2. The van der Waals surface area contributed by atoms with Crippen LogP contribution >= 0.6 is 0 Å². The molecule has 0 aromatic carbocycles. The van der Waals surface area contributed by atoms with Crippen LogP contribution in [0.1, 0.15) is 25.6 Å². The van der Waals surface area contributed by atoms with E-state index in [-0.39, 0.29) is 5.60 Å². The van der Waals surface area contributed by atoms with Crippen molar-refractivity contribution in [1.29, 1.82) is 0 Å². The highest BCUT2D eigenvalue weighted by Gasteiger charge is 2.28. The molecule has 2 heterocycles. The summed E-state index contributed by atoms with van der Waals surface area (Å²) in [6.07, 6.45) is 7.16. The molecule has 0 saturated carbocycles. The van der Waals surface area contributed by atoms with E-state index in [1.165, 1.54) is 12.8 Å². The first-order valence-electron chi connectivity index (χ1n) is 6.00. The van der Waals surface area contributed by atoms with Crippen molar-refractivity contribution < 1.29 is 4.74 Å². The van der Waals surface area contributed by atoms with Crippen LogP contribution in [0.4, 0.5) is 0 Å². The fourth-order valence-corrected chi connectivity index (χ4v) is 2.17. The van der Waals surface area contributed by atoms with Crippen molar-refractivity contribution in [3.05, 3.63) is 18.2 Å². The third-order valence-corrected chi connectivity index (χ3v) is 3.25. The van der Waals surface area contributed by atoms with Gasteiger partial charge in [-0.15, -0.1) is 0 Å². The Labute approximate surface area is 97.0 Å². The molecule has 0 aliphatic carbocycles. The summed E-state index contributed by atoms with van der Waals surface area (Å²) in [5.41, 5.74) is 0.0572. The number of rotatable bonds is 5. The van der Waals surface area contributed by atoms with E-state index < -0.39 is 0 Å². The standard InChI is InChI=1S/C12H21N3O/c1-12(5-3-9-16-12)10-13-6-4-11-14-7-8-15(11)2/h7-8,13H,3-6,9-10H2,1-2H3. The van der Waals surface area contributed by atoms with Gasteiger partial charge in [-0.05, 0) is 19.8 Å². The molecule has 2 rings (SSSR count). The molecule has 1 saturated heterocycles. The lowest BCUT2D eigenvalue weighted by Crippen LogP contribution is -2.38. The van der Waals surface area contributed by atoms with Crippen LogP contribution in [0.15, 0.2) is 12.4 Å². The Hall–Kier alpha value is -0.870.